The second kappa shape index (κ2) is 8.01. The molecule has 0 saturated heterocycles. The Bertz CT molecular complexity index is 1190. The molecule has 1 saturated carbocycles. The van der Waals surface area contributed by atoms with Crippen LogP contribution >= 0.6 is 0 Å². The van der Waals surface area contributed by atoms with E-state index in [4.69, 9.17) is 4.84 Å². The Morgan fingerprint density at radius 1 is 1.19 bits per heavy atom. The summed E-state index contributed by atoms with van der Waals surface area (Å²) in [6.45, 7) is 1.89. The summed E-state index contributed by atoms with van der Waals surface area (Å²) < 4.78 is 41.6. The fourth-order valence-electron chi connectivity index (χ4n) is 3.28. The molecule has 0 spiro atoms. The number of alkyl halides is 3. The highest BCUT2D eigenvalue weighted by molar-refractivity contribution is 6.03. The van der Waals surface area contributed by atoms with Crippen LogP contribution in [0.25, 0.3) is 5.69 Å². The summed E-state index contributed by atoms with van der Waals surface area (Å²) in [6, 6.07) is 10.5. The maximum Gasteiger partial charge on any atom is 0.416 e. The summed E-state index contributed by atoms with van der Waals surface area (Å²) in [7, 11) is 1.50. The van der Waals surface area contributed by atoms with E-state index in [1.807, 2.05) is 13.0 Å². The summed E-state index contributed by atoms with van der Waals surface area (Å²) in [5.41, 5.74) is 1.83. The molecule has 0 bridgehead atoms. The van der Waals surface area contributed by atoms with Crippen molar-refractivity contribution in [3.05, 3.63) is 75.2 Å². The fourth-order valence-corrected chi connectivity index (χ4v) is 3.28. The van der Waals surface area contributed by atoms with E-state index in [-0.39, 0.29) is 12.5 Å². The van der Waals surface area contributed by atoms with Gasteiger partial charge in [-0.3, -0.25) is 0 Å². The van der Waals surface area contributed by atoms with E-state index in [2.05, 4.69) is 15.6 Å². The van der Waals surface area contributed by atoms with Gasteiger partial charge in [0.15, 0.2) is 0 Å². The van der Waals surface area contributed by atoms with E-state index in [1.165, 1.54) is 17.8 Å². The molecule has 1 fully saturated rings. The molecule has 0 unspecified atom stereocenters. The van der Waals surface area contributed by atoms with Gasteiger partial charge in [0.2, 0.25) is 0 Å². The smallest absolute Gasteiger partial charge is 0.391 e. The number of tetrazole rings is 1. The SMILES string of the molecule is Cc1cccc(-n2nnn(C)c2=O)c1CO/N=C(/c1cccc(C(F)(F)F)c1)C1CC1. The highest BCUT2D eigenvalue weighted by atomic mass is 19.4. The summed E-state index contributed by atoms with van der Waals surface area (Å²) in [5, 5.41) is 11.8. The molecule has 1 heterocycles. The van der Waals surface area contributed by atoms with E-state index in [1.54, 1.807) is 18.2 Å². The summed E-state index contributed by atoms with van der Waals surface area (Å²) in [6.07, 6.45) is -2.72. The molecule has 0 atom stereocenters. The van der Waals surface area contributed by atoms with Gasteiger partial charge in [-0.15, -0.1) is 0 Å². The highest BCUT2D eigenvalue weighted by Crippen LogP contribution is 2.36. The lowest BCUT2D eigenvalue weighted by Crippen LogP contribution is -2.23. The number of halogens is 3. The minimum atomic E-state index is -4.43. The normalized spacial score (nSPS) is 14.7. The molecule has 1 aliphatic carbocycles. The first-order valence-electron chi connectivity index (χ1n) is 9.71. The van der Waals surface area contributed by atoms with Crippen LogP contribution in [-0.2, 0) is 24.7 Å². The van der Waals surface area contributed by atoms with E-state index in [9.17, 15) is 18.0 Å². The molecule has 10 heteroatoms. The first kappa shape index (κ1) is 20.8. The Morgan fingerprint density at radius 2 is 1.94 bits per heavy atom. The molecule has 0 radical (unpaired) electrons. The molecule has 2 aromatic carbocycles. The lowest BCUT2D eigenvalue weighted by Gasteiger charge is -2.12. The Balaban J connectivity index is 1.62. The predicted octanol–water partition coefficient (Wildman–Crippen LogP) is 3.62. The maximum atomic E-state index is 13.1. The number of benzene rings is 2. The van der Waals surface area contributed by atoms with Gasteiger partial charge >= 0.3 is 11.9 Å². The summed E-state index contributed by atoms with van der Waals surface area (Å²) in [4.78, 5) is 17.8. The predicted molar refractivity (Wildman–Crippen MR) is 107 cm³/mol. The fraction of sp³-hybridized carbons (Fsp3) is 0.333. The summed E-state index contributed by atoms with van der Waals surface area (Å²) >= 11 is 0. The zero-order valence-electron chi connectivity index (χ0n) is 16.9. The average Bonchev–Trinajstić information content (AvgIpc) is 3.51. The van der Waals surface area contributed by atoms with E-state index in [0.717, 1.165) is 35.2 Å². The molecule has 0 amide bonds. The number of hydrogen-bond donors (Lipinski definition) is 0. The Hall–Kier alpha value is -3.43. The molecule has 31 heavy (non-hydrogen) atoms. The van der Waals surface area contributed by atoms with E-state index in [0.29, 0.717) is 22.5 Å². The minimum Gasteiger partial charge on any atom is -0.391 e. The molecule has 162 valence electrons. The van der Waals surface area contributed by atoms with E-state index >= 15 is 0 Å². The molecular formula is C21H20F3N5O2. The Labute approximate surface area is 175 Å². The lowest BCUT2D eigenvalue weighted by molar-refractivity contribution is -0.137. The zero-order valence-corrected chi connectivity index (χ0v) is 16.9. The second-order valence-corrected chi connectivity index (χ2v) is 7.47. The molecule has 7 nitrogen and oxygen atoms in total. The topological polar surface area (TPSA) is 74.3 Å². The van der Waals surface area contributed by atoms with Crippen LogP contribution in [0.5, 0.6) is 0 Å². The van der Waals surface area contributed by atoms with Crippen molar-refractivity contribution < 1.29 is 18.0 Å². The van der Waals surface area contributed by atoms with E-state index < -0.39 is 17.4 Å². The van der Waals surface area contributed by atoms with Gasteiger partial charge in [-0.1, -0.05) is 29.4 Å². The average molecular weight is 431 g/mol. The molecule has 0 N–H and O–H groups in total. The van der Waals surface area contributed by atoms with Crippen LogP contribution in [0.1, 0.15) is 35.1 Å². The molecule has 0 aliphatic heterocycles. The van der Waals surface area contributed by atoms with Gasteiger partial charge < -0.3 is 4.84 Å². The summed E-state index contributed by atoms with van der Waals surface area (Å²) in [5.74, 6) is 0.0717. The van der Waals surface area contributed by atoms with Crippen LogP contribution in [0.15, 0.2) is 52.4 Å². The van der Waals surface area contributed by atoms with Crippen molar-refractivity contribution in [2.45, 2.75) is 32.5 Å². The molecular weight excluding hydrogens is 411 g/mol. The third-order valence-electron chi connectivity index (χ3n) is 5.16. The number of aryl methyl sites for hydroxylation is 2. The van der Waals surface area contributed by atoms with Gasteiger partial charge in [-0.05, 0) is 54.0 Å². The van der Waals surface area contributed by atoms with Crippen molar-refractivity contribution in [2.24, 2.45) is 18.1 Å². The molecule has 1 aliphatic rings. The van der Waals surface area contributed by atoms with Crippen molar-refractivity contribution in [1.82, 2.24) is 19.8 Å². The quantitative estimate of drug-likeness (QED) is 0.441. The van der Waals surface area contributed by atoms with Crippen molar-refractivity contribution >= 4 is 5.71 Å². The van der Waals surface area contributed by atoms with Gasteiger partial charge in [0.1, 0.15) is 6.61 Å². The number of hydrogen-bond acceptors (Lipinski definition) is 5. The Kier molecular flexibility index (Phi) is 5.38. The highest BCUT2D eigenvalue weighted by Gasteiger charge is 2.33. The van der Waals surface area contributed by atoms with Crippen LogP contribution in [0, 0.1) is 12.8 Å². The van der Waals surface area contributed by atoms with Crippen molar-refractivity contribution in [1.29, 1.82) is 0 Å². The Morgan fingerprint density at radius 3 is 2.58 bits per heavy atom. The molecule has 3 aromatic rings. The largest absolute Gasteiger partial charge is 0.416 e. The minimum absolute atomic E-state index is 0.0280. The van der Waals surface area contributed by atoms with Crippen LogP contribution in [0.3, 0.4) is 0 Å². The first-order chi connectivity index (χ1) is 14.8. The van der Waals surface area contributed by atoms with Crippen LogP contribution in [-0.4, -0.2) is 25.5 Å². The van der Waals surface area contributed by atoms with Crippen molar-refractivity contribution in [3.8, 4) is 5.69 Å². The monoisotopic (exact) mass is 431 g/mol. The molecule has 1 aromatic heterocycles. The van der Waals surface area contributed by atoms with Crippen molar-refractivity contribution in [3.63, 3.8) is 0 Å². The number of nitrogens with zero attached hydrogens (tertiary/aromatic N) is 5. The number of aromatic nitrogens is 4. The third-order valence-corrected chi connectivity index (χ3v) is 5.16. The standard InChI is InChI=1S/C21H20F3N5O2/c1-13-5-3-8-18(29-20(30)28(2)26-27-29)17(13)12-31-25-19(14-9-10-14)15-6-4-7-16(11-15)21(22,23)24/h3-8,11,14H,9-10,12H2,1-2H3/b25-19+. The lowest BCUT2D eigenvalue weighted by atomic mass is 10.0. The maximum absolute atomic E-state index is 13.1. The third kappa shape index (κ3) is 4.37. The first-order valence-corrected chi connectivity index (χ1v) is 9.71. The number of rotatable bonds is 6. The van der Waals surface area contributed by atoms with Crippen LogP contribution in [0.4, 0.5) is 13.2 Å². The van der Waals surface area contributed by atoms with Gasteiger partial charge in [0.25, 0.3) is 0 Å². The molecule has 4 rings (SSSR count). The zero-order chi connectivity index (χ0) is 22.2. The van der Waals surface area contributed by atoms with Crippen LogP contribution < -0.4 is 5.69 Å². The second-order valence-electron chi connectivity index (χ2n) is 7.47. The van der Waals surface area contributed by atoms with Gasteiger partial charge in [-0.2, -0.15) is 22.5 Å². The van der Waals surface area contributed by atoms with Gasteiger partial charge in [0, 0.05) is 24.1 Å². The van der Waals surface area contributed by atoms with Gasteiger partial charge in [0.05, 0.1) is 17.0 Å². The van der Waals surface area contributed by atoms with Crippen LogP contribution in [0.2, 0.25) is 0 Å². The van der Waals surface area contributed by atoms with Gasteiger partial charge in [-0.25, -0.2) is 4.79 Å². The number of oxime groups is 1. The van der Waals surface area contributed by atoms with Crippen molar-refractivity contribution in [2.75, 3.05) is 0 Å².